The minimum absolute atomic E-state index is 0.141. The molecule has 0 bridgehead atoms. The molecule has 2 heterocycles. The number of rotatable bonds is 7. The Morgan fingerprint density at radius 1 is 1.18 bits per heavy atom. The lowest BCUT2D eigenvalue weighted by atomic mass is 9.94. The normalized spacial score (nSPS) is 16.2. The van der Waals surface area contributed by atoms with Gasteiger partial charge >= 0.3 is 6.03 Å². The van der Waals surface area contributed by atoms with Crippen LogP contribution in [0.15, 0.2) is 52.7 Å². The third-order valence-electron chi connectivity index (χ3n) is 5.81. The average molecular weight is 451 g/mol. The second-order valence-electron chi connectivity index (χ2n) is 8.07. The number of unbranched alkanes of at least 4 members (excludes halogenated alkanes) is 1. The molecule has 4 rings (SSSR count). The first-order valence-corrected chi connectivity index (χ1v) is 11.0. The molecule has 1 unspecified atom stereocenters. The van der Waals surface area contributed by atoms with Gasteiger partial charge in [-0.05, 0) is 44.0 Å². The molecule has 0 spiro atoms. The van der Waals surface area contributed by atoms with E-state index in [0.717, 1.165) is 35.2 Å². The van der Waals surface area contributed by atoms with Gasteiger partial charge in [0.05, 0.1) is 18.7 Å². The standard InChI is InChI=1S/C25H27FN4O3/c1-5-6-13-30-16(3)21(22(27-25(30)31)17-9-7-15(2)8-10-17)24-28-23(29-33-24)18-11-12-20(32-4)19(26)14-18/h7-12,14,22H,5-6,13H2,1-4H3,(H,27,31). The molecule has 1 aliphatic rings. The molecule has 7 nitrogen and oxygen atoms in total. The molecule has 3 aromatic rings. The van der Waals surface area contributed by atoms with Crippen molar-refractivity contribution in [3.05, 3.63) is 71.0 Å². The van der Waals surface area contributed by atoms with Gasteiger partial charge in [0, 0.05) is 17.8 Å². The molecule has 1 aromatic heterocycles. The number of nitrogens with zero attached hydrogens (tertiary/aromatic N) is 3. The van der Waals surface area contributed by atoms with Gasteiger partial charge in [0.2, 0.25) is 5.82 Å². The number of aromatic nitrogens is 2. The molecule has 1 atom stereocenters. The van der Waals surface area contributed by atoms with Crippen LogP contribution in [-0.2, 0) is 0 Å². The van der Waals surface area contributed by atoms with Crippen LogP contribution < -0.4 is 10.1 Å². The van der Waals surface area contributed by atoms with Crippen LogP contribution in [0.1, 0.15) is 49.7 Å². The second-order valence-corrected chi connectivity index (χ2v) is 8.07. The van der Waals surface area contributed by atoms with Crippen molar-refractivity contribution in [2.75, 3.05) is 13.7 Å². The Morgan fingerprint density at radius 3 is 2.61 bits per heavy atom. The van der Waals surface area contributed by atoms with Crippen LogP contribution in [-0.4, -0.2) is 34.7 Å². The fourth-order valence-corrected chi connectivity index (χ4v) is 3.91. The number of halogens is 1. The number of amides is 2. The number of urea groups is 1. The van der Waals surface area contributed by atoms with E-state index in [9.17, 15) is 9.18 Å². The van der Waals surface area contributed by atoms with Crippen LogP contribution >= 0.6 is 0 Å². The fraction of sp³-hybridized carbons (Fsp3) is 0.320. The van der Waals surface area contributed by atoms with E-state index in [4.69, 9.17) is 9.26 Å². The lowest BCUT2D eigenvalue weighted by Crippen LogP contribution is -2.46. The first-order valence-electron chi connectivity index (χ1n) is 11.0. The third kappa shape index (κ3) is 4.46. The highest BCUT2D eigenvalue weighted by Crippen LogP contribution is 2.37. The molecule has 0 fully saturated rings. The molecular weight excluding hydrogens is 423 g/mol. The molecule has 33 heavy (non-hydrogen) atoms. The number of nitrogens with one attached hydrogen (secondary N) is 1. The lowest BCUT2D eigenvalue weighted by molar-refractivity contribution is 0.204. The zero-order chi connectivity index (χ0) is 23.5. The smallest absolute Gasteiger partial charge is 0.322 e. The minimum atomic E-state index is -0.509. The number of carbonyl (C=O) groups is 1. The van der Waals surface area contributed by atoms with E-state index in [0.29, 0.717) is 12.1 Å². The monoisotopic (exact) mass is 450 g/mol. The molecule has 172 valence electrons. The van der Waals surface area contributed by atoms with Gasteiger partial charge in [0.25, 0.3) is 5.89 Å². The van der Waals surface area contributed by atoms with E-state index < -0.39 is 11.9 Å². The number of aryl methyl sites for hydroxylation is 1. The summed E-state index contributed by atoms with van der Waals surface area (Å²) in [6.45, 7) is 6.57. The number of hydrogen-bond donors (Lipinski definition) is 1. The van der Waals surface area contributed by atoms with Crippen molar-refractivity contribution in [1.82, 2.24) is 20.4 Å². The van der Waals surface area contributed by atoms with E-state index >= 15 is 0 Å². The maximum Gasteiger partial charge on any atom is 0.322 e. The summed E-state index contributed by atoms with van der Waals surface area (Å²) in [5.41, 5.74) is 3.98. The minimum Gasteiger partial charge on any atom is -0.494 e. The van der Waals surface area contributed by atoms with Crippen molar-refractivity contribution in [1.29, 1.82) is 0 Å². The van der Waals surface area contributed by atoms with Crippen LogP contribution in [0.25, 0.3) is 17.0 Å². The Kier molecular flexibility index (Phi) is 6.44. The van der Waals surface area contributed by atoms with E-state index in [1.165, 1.54) is 19.2 Å². The molecule has 0 saturated heterocycles. The summed E-state index contributed by atoms with van der Waals surface area (Å²) in [5.74, 6) is 0.171. The number of ether oxygens (including phenoxy) is 1. The Bertz CT molecular complexity index is 1190. The highest BCUT2D eigenvalue weighted by atomic mass is 19.1. The first-order chi connectivity index (χ1) is 15.9. The van der Waals surface area contributed by atoms with Crippen molar-refractivity contribution in [2.24, 2.45) is 0 Å². The van der Waals surface area contributed by atoms with Crippen molar-refractivity contribution >= 4 is 11.6 Å². The van der Waals surface area contributed by atoms with Crippen LogP contribution in [0.4, 0.5) is 9.18 Å². The Morgan fingerprint density at radius 2 is 1.94 bits per heavy atom. The highest BCUT2D eigenvalue weighted by molar-refractivity contribution is 5.86. The molecule has 8 heteroatoms. The van der Waals surface area contributed by atoms with Gasteiger partial charge in [-0.25, -0.2) is 9.18 Å². The Labute approximate surface area is 192 Å². The summed E-state index contributed by atoms with van der Waals surface area (Å²) >= 11 is 0. The van der Waals surface area contributed by atoms with E-state index in [1.54, 1.807) is 11.0 Å². The molecule has 0 radical (unpaired) electrons. The zero-order valence-electron chi connectivity index (χ0n) is 19.2. The molecular formula is C25H27FN4O3. The van der Waals surface area contributed by atoms with Crippen molar-refractivity contribution in [2.45, 2.75) is 39.7 Å². The quantitative estimate of drug-likeness (QED) is 0.515. The van der Waals surface area contributed by atoms with Gasteiger partial charge in [-0.3, -0.25) is 4.90 Å². The molecule has 0 aliphatic carbocycles. The number of benzene rings is 2. The summed E-state index contributed by atoms with van der Waals surface area (Å²) in [6, 6.07) is 11.8. The van der Waals surface area contributed by atoms with Gasteiger partial charge in [-0.2, -0.15) is 4.98 Å². The summed E-state index contributed by atoms with van der Waals surface area (Å²) in [6.07, 6.45) is 1.83. The van der Waals surface area contributed by atoms with Crippen molar-refractivity contribution in [3.63, 3.8) is 0 Å². The highest BCUT2D eigenvalue weighted by Gasteiger charge is 2.35. The number of methoxy groups -OCH3 is 1. The van der Waals surface area contributed by atoms with Crippen molar-refractivity contribution < 1.29 is 18.4 Å². The third-order valence-corrected chi connectivity index (χ3v) is 5.81. The van der Waals surface area contributed by atoms with E-state index in [2.05, 4.69) is 22.4 Å². The second kappa shape index (κ2) is 9.44. The predicted molar refractivity (Wildman–Crippen MR) is 123 cm³/mol. The van der Waals surface area contributed by atoms with Crippen LogP contribution in [0.5, 0.6) is 5.75 Å². The van der Waals surface area contributed by atoms with Crippen molar-refractivity contribution in [3.8, 4) is 17.1 Å². The number of carbonyl (C=O) groups excluding carboxylic acids is 1. The maximum absolute atomic E-state index is 14.2. The summed E-state index contributed by atoms with van der Waals surface area (Å²) in [7, 11) is 1.41. The Hall–Kier alpha value is -3.68. The van der Waals surface area contributed by atoms with Gasteiger partial charge in [-0.15, -0.1) is 0 Å². The van der Waals surface area contributed by atoms with Gasteiger partial charge < -0.3 is 14.6 Å². The molecule has 2 aromatic carbocycles. The largest absolute Gasteiger partial charge is 0.494 e. The SMILES string of the molecule is CCCCN1C(=O)NC(c2ccc(C)cc2)C(c2nc(-c3ccc(OC)c(F)c3)no2)=C1C. The molecule has 1 N–H and O–H groups in total. The molecule has 1 aliphatic heterocycles. The van der Waals surface area contributed by atoms with Crippen LogP contribution in [0.3, 0.4) is 0 Å². The number of hydrogen-bond acceptors (Lipinski definition) is 5. The number of allylic oxidation sites excluding steroid dienone is 1. The predicted octanol–water partition coefficient (Wildman–Crippen LogP) is 5.49. The summed E-state index contributed by atoms with van der Waals surface area (Å²) < 4.78 is 24.8. The van der Waals surface area contributed by atoms with Gasteiger partial charge in [0.15, 0.2) is 11.6 Å². The first kappa shape index (κ1) is 22.5. The van der Waals surface area contributed by atoms with E-state index in [1.807, 2.05) is 38.1 Å². The van der Waals surface area contributed by atoms with Crippen LogP contribution in [0, 0.1) is 12.7 Å². The fourth-order valence-electron chi connectivity index (χ4n) is 3.91. The average Bonchev–Trinajstić information content (AvgIpc) is 3.29. The molecule has 2 amide bonds. The zero-order valence-corrected chi connectivity index (χ0v) is 19.2. The Balaban J connectivity index is 1.78. The van der Waals surface area contributed by atoms with Gasteiger partial charge in [0.1, 0.15) is 0 Å². The molecule has 0 saturated carbocycles. The lowest BCUT2D eigenvalue weighted by Gasteiger charge is -2.35. The summed E-state index contributed by atoms with van der Waals surface area (Å²) in [5, 5.41) is 7.17. The van der Waals surface area contributed by atoms with Gasteiger partial charge in [-0.1, -0.05) is 48.3 Å². The topological polar surface area (TPSA) is 80.5 Å². The maximum atomic E-state index is 14.2. The van der Waals surface area contributed by atoms with E-state index in [-0.39, 0.29) is 23.5 Å². The summed E-state index contributed by atoms with van der Waals surface area (Å²) in [4.78, 5) is 19.2. The van der Waals surface area contributed by atoms with Crippen LogP contribution in [0.2, 0.25) is 0 Å².